The molecule has 2 N–H and O–H groups in total. The van der Waals surface area contributed by atoms with Crippen molar-refractivity contribution in [3.8, 4) is 5.75 Å². The molecule has 3 rings (SSSR count). The van der Waals surface area contributed by atoms with Crippen molar-refractivity contribution >= 4 is 11.0 Å². The van der Waals surface area contributed by atoms with Crippen LogP contribution in [0.25, 0.3) is 11.0 Å². The smallest absolute Gasteiger partial charge is 0.134 e. The molecule has 0 spiro atoms. The van der Waals surface area contributed by atoms with Crippen molar-refractivity contribution in [2.45, 2.75) is 6.04 Å². The average Bonchev–Trinajstić information content (AvgIpc) is 2.90. The van der Waals surface area contributed by atoms with Gasteiger partial charge < -0.3 is 14.9 Å². The first-order valence-electron chi connectivity index (χ1n) is 6.26. The summed E-state index contributed by atoms with van der Waals surface area (Å²) < 4.78 is 24.2. The van der Waals surface area contributed by atoms with Gasteiger partial charge in [-0.3, -0.25) is 0 Å². The third kappa shape index (κ3) is 2.04. The summed E-state index contributed by atoms with van der Waals surface area (Å²) in [5, 5.41) is 0.923. The molecule has 1 aromatic heterocycles. The summed E-state index contributed by atoms with van der Waals surface area (Å²) in [5.41, 5.74) is 8.43. The van der Waals surface area contributed by atoms with E-state index >= 15 is 0 Å². The molecule has 0 saturated carbocycles. The number of ether oxygens (including phenoxy) is 1. The molecule has 0 fully saturated rings. The minimum atomic E-state index is -0.510. The average molecular weight is 271 g/mol. The van der Waals surface area contributed by atoms with Crippen molar-refractivity contribution in [2.24, 2.45) is 5.73 Å². The number of methoxy groups -OCH3 is 1. The highest BCUT2D eigenvalue weighted by atomic mass is 19.1. The van der Waals surface area contributed by atoms with Gasteiger partial charge in [-0.2, -0.15) is 0 Å². The molecule has 0 saturated heterocycles. The van der Waals surface area contributed by atoms with Crippen LogP contribution in [-0.4, -0.2) is 7.11 Å². The number of furan rings is 1. The van der Waals surface area contributed by atoms with Gasteiger partial charge in [0.2, 0.25) is 0 Å². The maximum absolute atomic E-state index is 13.5. The second kappa shape index (κ2) is 4.98. The van der Waals surface area contributed by atoms with Crippen molar-refractivity contribution in [1.82, 2.24) is 0 Å². The van der Waals surface area contributed by atoms with E-state index in [4.69, 9.17) is 14.9 Å². The fourth-order valence-electron chi connectivity index (χ4n) is 2.35. The molecule has 0 aliphatic carbocycles. The zero-order valence-electron chi connectivity index (χ0n) is 11.0. The van der Waals surface area contributed by atoms with Crippen LogP contribution in [-0.2, 0) is 0 Å². The minimum Gasteiger partial charge on any atom is -0.496 e. The summed E-state index contributed by atoms with van der Waals surface area (Å²) >= 11 is 0. The normalized spacial score (nSPS) is 12.6. The highest BCUT2D eigenvalue weighted by Crippen LogP contribution is 2.33. The van der Waals surface area contributed by atoms with Crippen LogP contribution in [0, 0.1) is 5.82 Å². The zero-order chi connectivity index (χ0) is 14.1. The van der Waals surface area contributed by atoms with E-state index in [1.54, 1.807) is 12.3 Å². The zero-order valence-corrected chi connectivity index (χ0v) is 11.0. The quantitative estimate of drug-likeness (QED) is 0.791. The Labute approximate surface area is 115 Å². The monoisotopic (exact) mass is 271 g/mol. The highest BCUT2D eigenvalue weighted by molar-refractivity contribution is 5.82. The van der Waals surface area contributed by atoms with Crippen molar-refractivity contribution in [2.75, 3.05) is 7.11 Å². The molecule has 0 aliphatic heterocycles. The first kappa shape index (κ1) is 12.7. The standard InChI is InChI=1S/C16H14FNO2/c1-19-14-7-6-10(17)8-12(14)16(18)13-9-20-15-5-3-2-4-11(13)15/h2-9,16H,18H2,1H3. The lowest BCUT2D eigenvalue weighted by molar-refractivity contribution is 0.406. The van der Waals surface area contributed by atoms with E-state index in [0.717, 1.165) is 16.5 Å². The summed E-state index contributed by atoms with van der Waals surface area (Å²) in [6, 6.07) is 11.4. The number of halogens is 1. The van der Waals surface area contributed by atoms with E-state index in [9.17, 15) is 4.39 Å². The molecule has 102 valence electrons. The number of benzene rings is 2. The largest absolute Gasteiger partial charge is 0.496 e. The molecule has 1 atom stereocenters. The third-order valence-electron chi connectivity index (χ3n) is 3.37. The van der Waals surface area contributed by atoms with E-state index < -0.39 is 6.04 Å². The van der Waals surface area contributed by atoms with Crippen LogP contribution in [0.2, 0.25) is 0 Å². The maximum atomic E-state index is 13.5. The third-order valence-corrected chi connectivity index (χ3v) is 3.37. The van der Waals surface area contributed by atoms with E-state index in [0.29, 0.717) is 11.3 Å². The lowest BCUT2D eigenvalue weighted by Gasteiger charge is -2.15. The summed E-state index contributed by atoms with van der Waals surface area (Å²) in [7, 11) is 1.54. The van der Waals surface area contributed by atoms with Gasteiger partial charge in [0.25, 0.3) is 0 Å². The van der Waals surface area contributed by atoms with Gasteiger partial charge in [0.1, 0.15) is 17.1 Å². The number of hydrogen-bond acceptors (Lipinski definition) is 3. The Morgan fingerprint density at radius 2 is 1.95 bits per heavy atom. The molecule has 2 aromatic carbocycles. The van der Waals surface area contributed by atoms with Crippen LogP contribution >= 0.6 is 0 Å². The molecule has 0 amide bonds. The number of hydrogen-bond donors (Lipinski definition) is 1. The molecular formula is C16H14FNO2. The number of fused-ring (bicyclic) bond motifs is 1. The number of nitrogens with two attached hydrogens (primary N) is 1. The number of rotatable bonds is 3. The van der Waals surface area contributed by atoms with Gasteiger partial charge in [0.15, 0.2) is 0 Å². The topological polar surface area (TPSA) is 48.4 Å². The van der Waals surface area contributed by atoms with Crippen LogP contribution < -0.4 is 10.5 Å². The fraction of sp³-hybridized carbons (Fsp3) is 0.125. The number of para-hydroxylation sites is 1. The summed E-state index contributed by atoms with van der Waals surface area (Å²) in [6.45, 7) is 0. The molecule has 1 heterocycles. The molecule has 0 radical (unpaired) electrons. The Morgan fingerprint density at radius 1 is 1.15 bits per heavy atom. The Morgan fingerprint density at radius 3 is 2.75 bits per heavy atom. The predicted molar refractivity (Wildman–Crippen MR) is 75.2 cm³/mol. The van der Waals surface area contributed by atoms with Gasteiger partial charge in [-0.05, 0) is 24.3 Å². The van der Waals surface area contributed by atoms with Crippen molar-refractivity contribution in [1.29, 1.82) is 0 Å². The lowest BCUT2D eigenvalue weighted by Crippen LogP contribution is -2.13. The van der Waals surface area contributed by atoms with Crippen molar-refractivity contribution in [3.05, 3.63) is 65.7 Å². The molecule has 0 bridgehead atoms. The highest BCUT2D eigenvalue weighted by Gasteiger charge is 2.19. The van der Waals surface area contributed by atoms with Gasteiger partial charge in [-0.1, -0.05) is 18.2 Å². The van der Waals surface area contributed by atoms with Gasteiger partial charge in [-0.25, -0.2) is 4.39 Å². The SMILES string of the molecule is COc1ccc(F)cc1C(N)c1coc2ccccc12. The van der Waals surface area contributed by atoms with Crippen molar-refractivity contribution < 1.29 is 13.5 Å². The van der Waals surface area contributed by atoms with E-state index in [-0.39, 0.29) is 5.82 Å². The van der Waals surface area contributed by atoms with Gasteiger partial charge >= 0.3 is 0 Å². The Kier molecular flexibility index (Phi) is 3.16. The molecule has 1 unspecified atom stereocenters. The van der Waals surface area contributed by atoms with Crippen molar-refractivity contribution in [3.63, 3.8) is 0 Å². The molecular weight excluding hydrogens is 257 g/mol. The Hall–Kier alpha value is -2.33. The molecule has 20 heavy (non-hydrogen) atoms. The summed E-state index contributed by atoms with van der Waals surface area (Å²) in [4.78, 5) is 0. The molecule has 0 aliphatic rings. The Bertz CT molecular complexity index is 751. The summed E-state index contributed by atoms with van der Waals surface area (Å²) in [6.07, 6.45) is 1.61. The van der Waals surface area contributed by atoms with Crippen LogP contribution in [0.5, 0.6) is 5.75 Å². The van der Waals surface area contributed by atoms with Gasteiger partial charge in [0, 0.05) is 16.5 Å². The second-order valence-electron chi connectivity index (χ2n) is 4.55. The van der Waals surface area contributed by atoms with Gasteiger partial charge in [-0.15, -0.1) is 0 Å². The first-order valence-corrected chi connectivity index (χ1v) is 6.26. The first-order chi connectivity index (χ1) is 9.70. The van der Waals surface area contributed by atoms with Gasteiger partial charge in [0.05, 0.1) is 19.4 Å². The van der Waals surface area contributed by atoms with E-state index in [1.165, 1.54) is 19.2 Å². The lowest BCUT2D eigenvalue weighted by atomic mass is 9.98. The summed E-state index contributed by atoms with van der Waals surface area (Å²) in [5.74, 6) is 0.216. The van der Waals surface area contributed by atoms with Crippen LogP contribution in [0.4, 0.5) is 4.39 Å². The predicted octanol–water partition coefficient (Wildman–Crippen LogP) is 3.63. The molecule has 3 aromatic rings. The van der Waals surface area contributed by atoms with Crippen LogP contribution in [0.1, 0.15) is 17.2 Å². The fourth-order valence-corrected chi connectivity index (χ4v) is 2.35. The Balaban J connectivity index is 2.13. The van der Waals surface area contributed by atoms with E-state index in [1.807, 2.05) is 24.3 Å². The van der Waals surface area contributed by atoms with Crippen LogP contribution in [0.3, 0.4) is 0 Å². The van der Waals surface area contributed by atoms with E-state index in [2.05, 4.69) is 0 Å². The minimum absolute atomic E-state index is 0.343. The maximum Gasteiger partial charge on any atom is 0.134 e. The van der Waals surface area contributed by atoms with Crippen LogP contribution in [0.15, 0.2) is 53.1 Å². The molecule has 4 heteroatoms. The second-order valence-corrected chi connectivity index (χ2v) is 4.55. The molecule has 3 nitrogen and oxygen atoms in total.